The van der Waals surface area contributed by atoms with Crippen LogP contribution in [0.3, 0.4) is 0 Å². The van der Waals surface area contributed by atoms with Crippen molar-refractivity contribution in [1.29, 1.82) is 0 Å². The average molecular weight is 270 g/mol. The number of hydrogen-bond acceptors (Lipinski definition) is 4. The molecule has 1 aromatic carbocycles. The lowest BCUT2D eigenvalue weighted by Gasteiger charge is -2.16. The summed E-state index contributed by atoms with van der Waals surface area (Å²) < 4.78 is 10.1. The predicted molar refractivity (Wildman–Crippen MR) is 72.1 cm³/mol. The molecule has 2 saturated heterocycles. The van der Waals surface area contributed by atoms with Gasteiger partial charge < -0.3 is 9.47 Å². The summed E-state index contributed by atoms with van der Waals surface area (Å²) in [5.41, 5.74) is 2.92. The normalized spacial score (nSPS) is 25.8. The van der Waals surface area contributed by atoms with E-state index in [4.69, 9.17) is 9.47 Å². The second kappa shape index (κ2) is 4.63. The van der Waals surface area contributed by atoms with Crippen molar-refractivity contribution in [2.24, 2.45) is 0 Å². The first kappa shape index (κ1) is 12.7. The molecule has 1 aromatic rings. The number of benzene rings is 1. The molecular weight excluding hydrogens is 256 g/mol. The van der Waals surface area contributed by atoms with Crippen LogP contribution in [-0.2, 0) is 19.1 Å². The number of ether oxygens (including phenoxy) is 2. The monoisotopic (exact) mass is 270 g/mol. The molecule has 0 aliphatic carbocycles. The zero-order valence-corrected chi connectivity index (χ0v) is 10.9. The molecule has 3 rings (SSSR count). The van der Waals surface area contributed by atoms with E-state index in [1.807, 2.05) is 24.3 Å². The van der Waals surface area contributed by atoms with Crippen molar-refractivity contribution in [3.8, 4) is 0 Å². The van der Waals surface area contributed by atoms with Crippen LogP contribution in [0.4, 0.5) is 0 Å². The summed E-state index contributed by atoms with van der Waals surface area (Å²) in [7, 11) is 0. The van der Waals surface area contributed by atoms with E-state index < -0.39 is 11.8 Å². The second-order valence-corrected chi connectivity index (χ2v) is 5.03. The van der Waals surface area contributed by atoms with Crippen LogP contribution >= 0.6 is 0 Å². The van der Waals surface area contributed by atoms with Crippen LogP contribution in [0.15, 0.2) is 48.6 Å². The number of rotatable bonds is 2. The molecule has 102 valence electrons. The lowest BCUT2D eigenvalue weighted by atomic mass is 9.83. The molecule has 0 N–H and O–H groups in total. The summed E-state index contributed by atoms with van der Waals surface area (Å²) in [5, 5.41) is 0. The molecular formula is C16H14O4. The van der Waals surface area contributed by atoms with E-state index in [0.717, 1.165) is 11.1 Å². The number of hydrogen-bond donors (Lipinski definition) is 0. The highest BCUT2D eigenvalue weighted by atomic mass is 16.5. The molecule has 2 aliphatic heterocycles. The lowest BCUT2D eigenvalue weighted by Crippen LogP contribution is -2.15. The van der Waals surface area contributed by atoms with Gasteiger partial charge in [-0.25, -0.2) is 0 Å². The Hall–Kier alpha value is -2.36. The first-order valence-electron chi connectivity index (χ1n) is 6.37. The standard InChI is InChI=1S/C16H14O4/c1-9-7-19-15(17)13(9)11-5-3-4-6-12(11)14-10(2)8-20-16(14)18/h3-6,13-14H,1-2,7-8H2. The van der Waals surface area contributed by atoms with Crippen molar-refractivity contribution >= 4 is 11.9 Å². The van der Waals surface area contributed by atoms with Gasteiger partial charge in [0.25, 0.3) is 0 Å². The molecule has 20 heavy (non-hydrogen) atoms. The highest BCUT2D eigenvalue weighted by molar-refractivity contribution is 5.89. The first-order valence-corrected chi connectivity index (χ1v) is 6.37. The summed E-state index contributed by atoms with van der Waals surface area (Å²) in [5.74, 6) is -1.65. The van der Waals surface area contributed by atoms with Gasteiger partial charge in [0.1, 0.15) is 25.0 Å². The molecule has 4 heteroatoms. The maximum Gasteiger partial charge on any atom is 0.318 e. The Bertz CT molecular complexity index is 542. The summed E-state index contributed by atoms with van der Waals surface area (Å²) in [6, 6.07) is 7.33. The van der Waals surface area contributed by atoms with Gasteiger partial charge in [0.2, 0.25) is 0 Å². The van der Waals surface area contributed by atoms with Crippen molar-refractivity contribution in [1.82, 2.24) is 0 Å². The molecule has 0 aromatic heterocycles. The first-order chi connectivity index (χ1) is 9.59. The molecule has 2 atom stereocenters. The van der Waals surface area contributed by atoms with E-state index in [-0.39, 0.29) is 25.2 Å². The Morgan fingerprint density at radius 1 is 0.850 bits per heavy atom. The van der Waals surface area contributed by atoms with Gasteiger partial charge in [-0.05, 0) is 22.3 Å². The maximum absolute atomic E-state index is 11.9. The zero-order chi connectivity index (χ0) is 14.3. The van der Waals surface area contributed by atoms with Crippen LogP contribution < -0.4 is 0 Å². The molecule has 0 saturated carbocycles. The summed E-state index contributed by atoms with van der Waals surface area (Å²) in [4.78, 5) is 23.8. The van der Waals surface area contributed by atoms with Crippen LogP contribution in [0.5, 0.6) is 0 Å². The molecule has 2 heterocycles. The van der Waals surface area contributed by atoms with Crippen LogP contribution in [0.25, 0.3) is 0 Å². The Labute approximate surface area is 116 Å². The average Bonchev–Trinajstić information content (AvgIpc) is 2.93. The van der Waals surface area contributed by atoms with Gasteiger partial charge in [-0.15, -0.1) is 0 Å². The summed E-state index contributed by atoms with van der Waals surface area (Å²) in [6.07, 6.45) is 0. The second-order valence-electron chi connectivity index (χ2n) is 5.03. The fraction of sp³-hybridized carbons (Fsp3) is 0.250. The lowest BCUT2D eigenvalue weighted by molar-refractivity contribution is -0.140. The maximum atomic E-state index is 11.9. The predicted octanol–water partition coefficient (Wildman–Crippen LogP) is 2.08. The summed E-state index contributed by atoms with van der Waals surface area (Å²) in [6.45, 7) is 8.23. The topological polar surface area (TPSA) is 52.6 Å². The zero-order valence-electron chi connectivity index (χ0n) is 10.9. The molecule has 2 aliphatic rings. The Balaban J connectivity index is 2.09. The van der Waals surface area contributed by atoms with E-state index in [2.05, 4.69) is 13.2 Å². The summed E-state index contributed by atoms with van der Waals surface area (Å²) >= 11 is 0. The van der Waals surface area contributed by atoms with Crippen molar-refractivity contribution in [3.63, 3.8) is 0 Å². The van der Waals surface area contributed by atoms with Gasteiger partial charge in [-0.3, -0.25) is 9.59 Å². The molecule has 0 radical (unpaired) electrons. The van der Waals surface area contributed by atoms with Gasteiger partial charge in [-0.2, -0.15) is 0 Å². The van der Waals surface area contributed by atoms with Crippen molar-refractivity contribution in [3.05, 3.63) is 59.7 Å². The quantitative estimate of drug-likeness (QED) is 0.610. The number of esters is 2. The Morgan fingerprint density at radius 2 is 1.25 bits per heavy atom. The van der Waals surface area contributed by atoms with Crippen LogP contribution in [-0.4, -0.2) is 25.2 Å². The van der Waals surface area contributed by atoms with E-state index in [9.17, 15) is 9.59 Å². The fourth-order valence-electron chi connectivity index (χ4n) is 2.72. The van der Waals surface area contributed by atoms with Crippen LogP contribution in [0.2, 0.25) is 0 Å². The number of carbonyl (C=O) groups is 2. The third-order valence-corrected chi connectivity index (χ3v) is 3.71. The minimum atomic E-state index is -0.507. The van der Waals surface area contributed by atoms with Gasteiger partial charge in [0.15, 0.2) is 0 Å². The van der Waals surface area contributed by atoms with Crippen LogP contribution in [0.1, 0.15) is 23.0 Å². The number of carbonyl (C=O) groups excluding carboxylic acids is 2. The molecule has 0 bridgehead atoms. The smallest absolute Gasteiger partial charge is 0.318 e. The Morgan fingerprint density at radius 3 is 1.55 bits per heavy atom. The van der Waals surface area contributed by atoms with Crippen molar-refractivity contribution < 1.29 is 19.1 Å². The third-order valence-electron chi connectivity index (χ3n) is 3.71. The van der Waals surface area contributed by atoms with E-state index in [1.54, 1.807) is 0 Å². The van der Waals surface area contributed by atoms with Crippen molar-refractivity contribution in [2.45, 2.75) is 11.8 Å². The highest BCUT2D eigenvalue weighted by Gasteiger charge is 2.38. The highest BCUT2D eigenvalue weighted by Crippen LogP contribution is 2.39. The van der Waals surface area contributed by atoms with Gasteiger partial charge in [-0.1, -0.05) is 37.4 Å². The fourth-order valence-corrected chi connectivity index (χ4v) is 2.72. The molecule has 2 fully saturated rings. The van der Waals surface area contributed by atoms with Crippen LogP contribution in [0, 0.1) is 0 Å². The Kier molecular flexibility index (Phi) is 2.93. The van der Waals surface area contributed by atoms with Gasteiger partial charge >= 0.3 is 11.9 Å². The van der Waals surface area contributed by atoms with Crippen molar-refractivity contribution in [2.75, 3.05) is 13.2 Å². The van der Waals surface area contributed by atoms with E-state index in [0.29, 0.717) is 11.1 Å². The SMILES string of the molecule is C=C1COC(=O)C1c1ccccc1C1C(=C)COC1=O. The molecule has 0 spiro atoms. The van der Waals surface area contributed by atoms with E-state index in [1.165, 1.54) is 0 Å². The largest absolute Gasteiger partial charge is 0.460 e. The minimum absolute atomic E-state index is 0.230. The molecule has 4 nitrogen and oxygen atoms in total. The molecule has 0 amide bonds. The third kappa shape index (κ3) is 1.84. The van der Waals surface area contributed by atoms with E-state index >= 15 is 0 Å². The van der Waals surface area contributed by atoms with Gasteiger partial charge in [0.05, 0.1) is 0 Å². The van der Waals surface area contributed by atoms with Gasteiger partial charge in [0, 0.05) is 0 Å². The minimum Gasteiger partial charge on any atom is -0.460 e. The number of cyclic esters (lactones) is 2. The molecule has 2 unspecified atom stereocenters.